The lowest BCUT2D eigenvalue weighted by atomic mass is 10.0. The zero-order chi connectivity index (χ0) is 18.7. The maximum atomic E-state index is 11.7. The van der Waals surface area contributed by atoms with E-state index in [0.29, 0.717) is 0 Å². The van der Waals surface area contributed by atoms with Gasteiger partial charge >= 0.3 is 12.1 Å². The molecule has 0 spiro atoms. The molecule has 1 aromatic carbocycles. The average Bonchev–Trinajstić information content (AvgIpc) is 2.41. The van der Waals surface area contributed by atoms with Crippen LogP contribution in [0.4, 0.5) is 4.79 Å². The van der Waals surface area contributed by atoms with E-state index in [1.807, 2.05) is 0 Å². The van der Waals surface area contributed by atoms with Gasteiger partial charge in [-0.1, -0.05) is 12.1 Å². The summed E-state index contributed by atoms with van der Waals surface area (Å²) in [6.07, 6.45) is -1.53. The summed E-state index contributed by atoms with van der Waals surface area (Å²) in [5.41, 5.74) is -0.680. The van der Waals surface area contributed by atoms with Crippen LogP contribution in [0.3, 0.4) is 0 Å². The number of nitrogens with one attached hydrogen (secondary N) is 1. The lowest BCUT2D eigenvalue weighted by Gasteiger charge is -2.24. The van der Waals surface area contributed by atoms with Crippen molar-refractivity contribution in [2.45, 2.75) is 43.4 Å². The van der Waals surface area contributed by atoms with Gasteiger partial charge in [0.15, 0.2) is 15.9 Å². The monoisotopic (exact) mass is 359 g/mol. The molecule has 0 aliphatic heterocycles. The van der Waals surface area contributed by atoms with Crippen LogP contribution in [0, 0.1) is 0 Å². The summed E-state index contributed by atoms with van der Waals surface area (Å²) in [5.74, 6) is -1.46. The number of aliphatic carboxylic acids is 1. The van der Waals surface area contributed by atoms with Crippen LogP contribution < -0.4 is 5.32 Å². The Morgan fingerprint density at radius 3 is 2.04 bits per heavy atom. The zero-order valence-corrected chi connectivity index (χ0v) is 14.6. The predicted octanol–water partition coefficient (Wildman–Crippen LogP) is 1.10. The normalized spacial score (nSPS) is 14.5. The Labute approximate surface area is 140 Å². The number of carbonyl (C=O) groups excluding carboxylic acids is 1. The van der Waals surface area contributed by atoms with Gasteiger partial charge in [0.1, 0.15) is 11.7 Å². The van der Waals surface area contributed by atoms with E-state index in [0.717, 1.165) is 6.26 Å². The number of hydrogen-bond acceptors (Lipinski definition) is 6. The number of sulfone groups is 1. The lowest BCUT2D eigenvalue weighted by molar-refractivity contribution is -0.142. The van der Waals surface area contributed by atoms with Crippen molar-refractivity contribution < 1.29 is 33.0 Å². The fourth-order valence-corrected chi connectivity index (χ4v) is 2.45. The van der Waals surface area contributed by atoms with E-state index in [1.165, 1.54) is 24.3 Å². The summed E-state index contributed by atoms with van der Waals surface area (Å²) < 4.78 is 27.8. The molecular weight excluding hydrogens is 338 g/mol. The highest BCUT2D eigenvalue weighted by Gasteiger charge is 2.31. The fourth-order valence-electron chi connectivity index (χ4n) is 1.81. The molecule has 24 heavy (non-hydrogen) atoms. The number of benzene rings is 1. The number of amides is 1. The molecule has 0 bridgehead atoms. The second-order valence-electron chi connectivity index (χ2n) is 6.25. The van der Waals surface area contributed by atoms with E-state index in [-0.39, 0.29) is 10.5 Å². The predicted molar refractivity (Wildman–Crippen MR) is 85.3 cm³/mol. The van der Waals surface area contributed by atoms with E-state index >= 15 is 0 Å². The Morgan fingerprint density at radius 1 is 1.17 bits per heavy atom. The number of hydrogen-bond donors (Lipinski definition) is 3. The van der Waals surface area contributed by atoms with Crippen molar-refractivity contribution in [2.24, 2.45) is 0 Å². The number of carbonyl (C=O) groups is 2. The zero-order valence-electron chi connectivity index (χ0n) is 13.8. The number of rotatable bonds is 5. The first-order valence-corrected chi connectivity index (χ1v) is 8.91. The van der Waals surface area contributed by atoms with Crippen molar-refractivity contribution in [3.05, 3.63) is 29.8 Å². The number of alkyl carbamates (subject to hydrolysis) is 1. The smallest absolute Gasteiger partial charge is 0.408 e. The Morgan fingerprint density at radius 2 is 1.67 bits per heavy atom. The fraction of sp³-hybridized carbons (Fsp3) is 0.467. The number of ether oxygens (including phenoxy) is 1. The van der Waals surface area contributed by atoms with Crippen molar-refractivity contribution in [1.29, 1.82) is 0 Å². The van der Waals surface area contributed by atoms with Crippen LogP contribution in [-0.2, 0) is 19.4 Å². The van der Waals surface area contributed by atoms with Crippen molar-refractivity contribution in [2.75, 3.05) is 6.26 Å². The van der Waals surface area contributed by atoms with Gasteiger partial charge < -0.3 is 20.3 Å². The molecule has 2 atom stereocenters. The summed E-state index contributed by atoms with van der Waals surface area (Å²) >= 11 is 0. The van der Waals surface area contributed by atoms with Gasteiger partial charge in [-0.25, -0.2) is 18.0 Å². The topological polar surface area (TPSA) is 130 Å². The third-order valence-corrected chi connectivity index (χ3v) is 4.03. The molecule has 0 aromatic heterocycles. The van der Waals surface area contributed by atoms with Crippen LogP contribution in [0.5, 0.6) is 0 Å². The minimum Gasteiger partial charge on any atom is -0.480 e. The maximum absolute atomic E-state index is 11.7. The summed E-state index contributed by atoms with van der Waals surface area (Å²) in [4.78, 5) is 23.1. The molecule has 9 heteroatoms. The third-order valence-electron chi connectivity index (χ3n) is 2.90. The first kappa shape index (κ1) is 19.9. The van der Waals surface area contributed by atoms with Crippen LogP contribution >= 0.6 is 0 Å². The van der Waals surface area contributed by atoms with Crippen LogP contribution in [0.25, 0.3) is 0 Å². The molecule has 1 aromatic rings. The highest BCUT2D eigenvalue weighted by Crippen LogP contribution is 2.20. The summed E-state index contributed by atoms with van der Waals surface area (Å²) in [5, 5.41) is 21.5. The Balaban J connectivity index is 2.96. The lowest BCUT2D eigenvalue weighted by Crippen LogP contribution is -2.46. The molecule has 0 fully saturated rings. The van der Waals surface area contributed by atoms with E-state index in [1.54, 1.807) is 20.8 Å². The van der Waals surface area contributed by atoms with E-state index in [4.69, 9.17) is 4.74 Å². The van der Waals surface area contributed by atoms with E-state index in [2.05, 4.69) is 5.32 Å². The van der Waals surface area contributed by atoms with Gasteiger partial charge in [0.05, 0.1) is 4.90 Å². The van der Waals surface area contributed by atoms with Crippen LogP contribution in [0.2, 0.25) is 0 Å². The number of carboxylic acid groups (broad SMARTS) is 1. The minimum atomic E-state index is -3.41. The minimum absolute atomic E-state index is 0.0328. The van der Waals surface area contributed by atoms with Gasteiger partial charge in [-0.15, -0.1) is 0 Å². The molecule has 0 aliphatic rings. The van der Waals surface area contributed by atoms with Gasteiger partial charge in [-0.2, -0.15) is 0 Å². The number of aliphatic hydroxyl groups is 1. The van der Waals surface area contributed by atoms with Crippen LogP contribution in [0.1, 0.15) is 32.4 Å². The first-order valence-electron chi connectivity index (χ1n) is 7.01. The molecule has 1 rings (SSSR count). The molecular formula is C15H21NO7S. The molecule has 0 heterocycles. The SMILES string of the molecule is CC(C)(C)OC(=O)N[C@H](C(=O)O)[C@H](O)c1ccc(S(C)(=O)=O)cc1. The van der Waals surface area contributed by atoms with Crippen molar-refractivity contribution >= 4 is 21.9 Å². The molecule has 0 saturated carbocycles. The summed E-state index contributed by atoms with van der Waals surface area (Å²) in [6, 6.07) is 3.42. The Kier molecular flexibility index (Phi) is 5.96. The van der Waals surface area contributed by atoms with Gasteiger partial charge in [-0.05, 0) is 38.5 Å². The molecule has 8 nitrogen and oxygen atoms in total. The second-order valence-corrected chi connectivity index (χ2v) is 8.26. The standard InChI is InChI=1S/C15H21NO7S/c1-15(2,3)23-14(20)16-11(13(18)19)12(17)9-5-7-10(8-6-9)24(4,21)22/h5-8,11-12,17H,1-4H3,(H,16,20)(H,18,19)/t11-,12+/m0/s1. The first-order chi connectivity index (χ1) is 10.8. The maximum Gasteiger partial charge on any atom is 0.408 e. The van der Waals surface area contributed by atoms with Crippen LogP contribution in [-0.4, -0.2) is 48.6 Å². The Hall–Kier alpha value is -2.13. The Bertz CT molecular complexity index is 704. The van der Waals surface area contributed by atoms with Gasteiger partial charge in [-0.3, -0.25) is 0 Å². The number of carboxylic acids is 1. The van der Waals surface area contributed by atoms with Gasteiger partial charge in [0, 0.05) is 6.26 Å². The molecule has 0 radical (unpaired) electrons. The highest BCUT2D eigenvalue weighted by molar-refractivity contribution is 7.90. The number of aliphatic hydroxyl groups excluding tert-OH is 1. The van der Waals surface area contributed by atoms with E-state index in [9.17, 15) is 28.2 Å². The molecule has 0 unspecified atom stereocenters. The summed E-state index contributed by atoms with van der Waals surface area (Å²) in [6.45, 7) is 4.84. The van der Waals surface area contributed by atoms with Crippen molar-refractivity contribution in [3.63, 3.8) is 0 Å². The molecule has 0 aliphatic carbocycles. The molecule has 0 saturated heterocycles. The molecule has 134 valence electrons. The van der Waals surface area contributed by atoms with Gasteiger partial charge in [0.25, 0.3) is 0 Å². The average molecular weight is 359 g/mol. The highest BCUT2D eigenvalue weighted by atomic mass is 32.2. The quantitative estimate of drug-likeness (QED) is 0.717. The van der Waals surface area contributed by atoms with E-state index < -0.39 is 39.6 Å². The summed E-state index contributed by atoms with van der Waals surface area (Å²) in [7, 11) is -3.41. The van der Waals surface area contributed by atoms with Crippen molar-refractivity contribution in [3.8, 4) is 0 Å². The van der Waals surface area contributed by atoms with Crippen LogP contribution in [0.15, 0.2) is 29.2 Å². The molecule has 1 amide bonds. The third kappa shape index (κ3) is 5.82. The van der Waals surface area contributed by atoms with Crippen molar-refractivity contribution in [1.82, 2.24) is 5.32 Å². The largest absolute Gasteiger partial charge is 0.480 e. The molecule has 3 N–H and O–H groups in total. The second kappa shape index (κ2) is 7.18. The van der Waals surface area contributed by atoms with Gasteiger partial charge in [0.2, 0.25) is 0 Å².